The Hall–Kier alpha value is -1.02. The second-order valence-electron chi connectivity index (χ2n) is 3.19. The van der Waals surface area contributed by atoms with Gasteiger partial charge in [-0.05, 0) is 29.7 Å². The van der Waals surface area contributed by atoms with Crippen molar-refractivity contribution in [3.8, 4) is 0 Å². The minimum Gasteiger partial charge on any atom is -0.355 e. The van der Waals surface area contributed by atoms with Gasteiger partial charge in [-0.3, -0.25) is 4.79 Å². The normalized spacial score (nSPS) is 15.9. The summed E-state index contributed by atoms with van der Waals surface area (Å²) in [6, 6.07) is 5.75. The van der Waals surface area contributed by atoms with E-state index in [-0.39, 0.29) is 5.91 Å². The molecule has 1 aliphatic heterocycles. The highest BCUT2D eigenvalue weighted by Gasteiger charge is 2.12. The SMILES string of the molecule is O=C1Cc2cc(Cl)ccc2CCN1. The molecular formula is C10H10ClNO. The first-order chi connectivity index (χ1) is 6.25. The lowest BCUT2D eigenvalue weighted by molar-refractivity contribution is -0.120. The van der Waals surface area contributed by atoms with Gasteiger partial charge < -0.3 is 5.32 Å². The van der Waals surface area contributed by atoms with Crippen molar-refractivity contribution in [3.63, 3.8) is 0 Å². The van der Waals surface area contributed by atoms with Crippen LogP contribution in [-0.4, -0.2) is 12.5 Å². The second-order valence-corrected chi connectivity index (χ2v) is 3.63. The molecule has 13 heavy (non-hydrogen) atoms. The van der Waals surface area contributed by atoms with Gasteiger partial charge in [0, 0.05) is 11.6 Å². The van der Waals surface area contributed by atoms with Crippen LogP contribution in [0.5, 0.6) is 0 Å². The topological polar surface area (TPSA) is 29.1 Å². The first-order valence-electron chi connectivity index (χ1n) is 4.30. The van der Waals surface area contributed by atoms with Crippen LogP contribution in [0.3, 0.4) is 0 Å². The molecule has 1 aliphatic rings. The molecule has 0 spiro atoms. The van der Waals surface area contributed by atoms with Crippen molar-refractivity contribution in [1.29, 1.82) is 0 Å². The Labute approximate surface area is 81.9 Å². The Kier molecular flexibility index (Phi) is 2.23. The summed E-state index contributed by atoms with van der Waals surface area (Å²) in [5.41, 5.74) is 2.28. The average Bonchev–Trinajstić information content (AvgIpc) is 2.25. The van der Waals surface area contributed by atoms with Crippen LogP contribution < -0.4 is 5.32 Å². The first-order valence-corrected chi connectivity index (χ1v) is 4.67. The van der Waals surface area contributed by atoms with E-state index in [0.717, 1.165) is 18.5 Å². The summed E-state index contributed by atoms with van der Waals surface area (Å²) in [5, 5.41) is 3.53. The van der Waals surface area contributed by atoms with Gasteiger partial charge in [0.2, 0.25) is 5.91 Å². The fourth-order valence-electron chi connectivity index (χ4n) is 1.58. The van der Waals surface area contributed by atoms with E-state index in [2.05, 4.69) is 5.32 Å². The van der Waals surface area contributed by atoms with Crippen LogP contribution in [0.2, 0.25) is 5.02 Å². The number of carbonyl (C=O) groups is 1. The quantitative estimate of drug-likeness (QED) is 0.669. The van der Waals surface area contributed by atoms with E-state index in [1.165, 1.54) is 5.56 Å². The third-order valence-corrected chi connectivity index (χ3v) is 2.47. The van der Waals surface area contributed by atoms with Gasteiger partial charge >= 0.3 is 0 Å². The molecule has 0 fully saturated rings. The van der Waals surface area contributed by atoms with Crippen LogP contribution >= 0.6 is 11.6 Å². The lowest BCUT2D eigenvalue weighted by Gasteiger charge is -2.03. The van der Waals surface area contributed by atoms with Crippen molar-refractivity contribution in [2.24, 2.45) is 0 Å². The number of fused-ring (bicyclic) bond motifs is 1. The van der Waals surface area contributed by atoms with Gasteiger partial charge in [0.05, 0.1) is 6.42 Å². The highest BCUT2D eigenvalue weighted by atomic mass is 35.5. The highest BCUT2D eigenvalue weighted by Crippen LogP contribution is 2.18. The minimum absolute atomic E-state index is 0.0843. The molecule has 0 radical (unpaired) electrons. The van der Waals surface area contributed by atoms with E-state index in [9.17, 15) is 4.79 Å². The molecule has 0 atom stereocenters. The van der Waals surface area contributed by atoms with Crippen LogP contribution in [0, 0.1) is 0 Å². The summed E-state index contributed by atoms with van der Waals surface area (Å²) < 4.78 is 0. The first kappa shape index (κ1) is 8.57. The van der Waals surface area contributed by atoms with Crippen LogP contribution in [0.1, 0.15) is 11.1 Å². The third-order valence-electron chi connectivity index (χ3n) is 2.24. The molecule has 1 N–H and O–H groups in total. The van der Waals surface area contributed by atoms with Gasteiger partial charge in [-0.25, -0.2) is 0 Å². The maximum Gasteiger partial charge on any atom is 0.224 e. The van der Waals surface area contributed by atoms with Gasteiger partial charge in [-0.15, -0.1) is 0 Å². The molecule has 0 saturated carbocycles. The summed E-state index contributed by atoms with van der Waals surface area (Å²) in [6.07, 6.45) is 1.36. The predicted octanol–water partition coefficient (Wildman–Crippen LogP) is 1.55. The van der Waals surface area contributed by atoms with E-state index >= 15 is 0 Å². The fraction of sp³-hybridized carbons (Fsp3) is 0.300. The zero-order chi connectivity index (χ0) is 9.26. The zero-order valence-corrected chi connectivity index (χ0v) is 7.90. The highest BCUT2D eigenvalue weighted by molar-refractivity contribution is 6.30. The summed E-state index contributed by atoms with van der Waals surface area (Å²) in [7, 11) is 0. The van der Waals surface area contributed by atoms with Gasteiger partial charge in [0.25, 0.3) is 0 Å². The van der Waals surface area contributed by atoms with Crippen molar-refractivity contribution < 1.29 is 4.79 Å². The van der Waals surface area contributed by atoms with Crippen molar-refractivity contribution >= 4 is 17.5 Å². The Bertz CT molecular complexity index is 349. The molecule has 1 amide bonds. The van der Waals surface area contributed by atoms with Crippen molar-refractivity contribution in [2.75, 3.05) is 6.54 Å². The maximum atomic E-state index is 11.2. The molecule has 1 heterocycles. The van der Waals surface area contributed by atoms with Crippen LogP contribution in [0.15, 0.2) is 18.2 Å². The molecule has 2 rings (SSSR count). The van der Waals surface area contributed by atoms with Gasteiger partial charge in [0.15, 0.2) is 0 Å². The smallest absolute Gasteiger partial charge is 0.224 e. The summed E-state index contributed by atoms with van der Waals surface area (Å²) in [6.45, 7) is 0.730. The third kappa shape index (κ3) is 1.83. The van der Waals surface area contributed by atoms with Crippen LogP contribution in [0.4, 0.5) is 0 Å². The van der Waals surface area contributed by atoms with Gasteiger partial charge in [0.1, 0.15) is 0 Å². The molecule has 2 nitrogen and oxygen atoms in total. The Morgan fingerprint density at radius 3 is 3.00 bits per heavy atom. The maximum absolute atomic E-state index is 11.2. The molecule has 0 bridgehead atoms. The number of hydrogen-bond donors (Lipinski definition) is 1. The number of hydrogen-bond acceptors (Lipinski definition) is 1. The lowest BCUT2D eigenvalue weighted by atomic mass is 10.0. The average molecular weight is 196 g/mol. The predicted molar refractivity (Wildman–Crippen MR) is 51.9 cm³/mol. The van der Waals surface area contributed by atoms with Crippen molar-refractivity contribution in [3.05, 3.63) is 34.3 Å². The zero-order valence-electron chi connectivity index (χ0n) is 7.14. The number of carbonyl (C=O) groups excluding carboxylic acids is 1. The van der Waals surface area contributed by atoms with E-state index in [1.807, 2.05) is 18.2 Å². The lowest BCUT2D eigenvalue weighted by Crippen LogP contribution is -2.24. The summed E-state index contributed by atoms with van der Waals surface area (Å²) in [5.74, 6) is 0.0843. The number of benzene rings is 1. The summed E-state index contributed by atoms with van der Waals surface area (Å²) >= 11 is 5.85. The van der Waals surface area contributed by atoms with E-state index < -0.39 is 0 Å². The van der Waals surface area contributed by atoms with E-state index in [0.29, 0.717) is 11.4 Å². The fourth-order valence-corrected chi connectivity index (χ4v) is 1.77. The monoisotopic (exact) mass is 195 g/mol. The largest absolute Gasteiger partial charge is 0.355 e. The molecule has 0 aromatic heterocycles. The van der Waals surface area contributed by atoms with Crippen molar-refractivity contribution in [2.45, 2.75) is 12.8 Å². The Balaban J connectivity index is 2.40. The van der Waals surface area contributed by atoms with E-state index in [4.69, 9.17) is 11.6 Å². The number of nitrogens with one attached hydrogen (secondary N) is 1. The molecule has 0 unspecified atom stereocenters. The molecule has 0 saturated heterocycles. The second kappa shape index (κ2) is 3.38. The van der Waals surface area contributed by atoms with Crippen molar-refractivity contribution in [1.82, 2.24) is 5.32 Å². The Morgan fingerprint density at radius 1 is 1.31 bits per heavy atom. The molecule has 0 aliphatic carbocycles. The summed E-state index contributed by atoms with van der Waals surface area (Å²) in [4.78, 5) is 11.2. The number of halogens is 1. The van der Waals surface area contributed by atoms with Crippen LogP contribution in [-0.2, 0) is 17.6 Å². The Morgan fingerprint density at radius 2 is 2.15 bits per heavy atom. The molecule has 68 valence electrons. The van der Waals surface area contributed by atoms with Gasteiger partial charge in [-0.1, -0.05) is 17.7 Å². The molecule has 1 aromatic carbocycles. The number of rotatable bonds is 0. The molecule has 3 heteroatoms. The standard InChI is InChI=1S/C10H10ClNO/c11-9-2-1-7-3-4-12-10(13)6-8(7)5-9/h1-2,5H,3-4,6H2,(H,12,13). The molecular weight excluding hydrogens is 186 g/mol. The number of amides is 1. The van der Waals surface area contributed by atoms with Crippen LogP contribution in [0.25, 0.3) is 0 Å². The minimum atomic E-state index is 0.0843. The van der Waals surface area contributed by atoms with E-state index in [1.54, 1.807) is 0 Å². The van der Waals surface area contributed by atoms with Gasteiger partial charge in [-0.2, -0.15) is 0 Å². The molecule has 1 aromatic rings.